The van der Waals surface area contributed by atoms with Crippen molar-refractivity contribution in [1.29, 1.82) is 0 Å². The van der Waals surface area contributed by atoms with E-state index in [0.29, 0.717) is 0 Å². The average Bonchev–Trinajstić information content (AvgIpc) is 1.63. The average molecular weight is 111 g/mol. The van der Waals surface area contributed by atoms with Crippen LogP contribution in [0.2, 0.25) is 0 Å². The maximum atomic E-state index is 9.74. The van der Waals surface area contributed by atoms with Gasteiger partial charge in [-0.3, -0.25) is 4.79 Å². The lowest BCUT2D eigenvalue weighted by molar-refractivity contribution is -0.104. The molecule has 2 nitrogen and oxygen atoms in total. The summed E-state index contributed by atoms with van der Waals surface area (Å²) < 4.78 is 0. The number of rotatable bonds is 2. The van der Waals surface area contributed by atoms with Crippen LogP contribution in [0.1, 0.15) is 6.42 Å². The van der Waals surface area contributed by atoms with E-state index in [2.05, 4.69) is 4.90 Å². The van der Waals surface area contributed by atoms with Crippen LogP contribution < -0.4 is 0 Å². The number of allylic oxidation sites excluding steroid dienone is 1. The lowest BCUT2D eigenvalue weighted by atomic mass is 10.2. The number of nitrogens with zero attached hydrogens (tertiary/aromatic N) is 1. The van der Waals surface area contributed by atoms with Crippen molar-refractivity contribution >= 4 is 6.29 Å². The number of likely N-dealkylation sites (tertiary alicyclic amines) is 1. The van der Waals surface area contributed by atoms with E-state index in [1.807, 2.05) is 6.20 Å². The zero-order valence-corrected chi connectivity index (χ0v) is 4.71. The Balaban J connectivity index is 2.16. The lowest BCUT2D eigenvalue weighted by Crippen LogP contribution is -2.31. The molecule has 0 bridgehead atoms. The SMILES string of the molecule is O=C/C=C/N1CCC1. The summed E-state index contributed by atoms with van der Waals surface area (Å²) in [6.45, 7) is 2.23. The first-order chi connectivity index (χ1) is 3.93. The molecular formula is C6H9NO. The number of carbonyl (C=O) groups excluding carboxylic acids is 1. The first-order valence-electron chi connectivity index (χ1n) is 2.79. The smallest absolute Gasteiger partial charge is 0.144 e. The van der Waals surface area contributed by atoms with Gasteiger partial charge < -0.3 is 4.90 Å². The van der Waals surface area contributed by atoms with E-state index in [9.17, 15) is 4.79 Å². The van der Waals surface area contributed by atoms with Gasteiger partial charge in [-0.2, -0.15) is 0 Å². The Hall–Kier alpha value is -0.790. The number of carbonyl (C=O) groups is 1. The van der Waals surface area contributed by atoms with Crippen LogP contribution in [0.5, 0.6) is 0 Å². The fourth-order valence-corrected chi connectivity index (χ4v) is 0.647. The summed E-state index contributed by atoms with van der Waals surface area (Å²) in [5, 5.41) is 0. The molecule has 0 N–H and O–H groups in total. The van der Waals surface area contributed by atoms with Gasteiger partial charge in [-0.1, -0.05) is 0 Å². The Morgan fingerprint density at radius 1 is 1.38 bits per heavy atom. The molecule has 0 saturated carbocycles. The predicted octanol–water partition coefficient (Wildman–Crippen LogP) is 0.405. The highest BCUT2D eigenvalue weighted by molar-refractivity contribution is 5.64. The fraction of sp³-hybridized carbons (Fsp3) is 0.500. The molecule has 0 atom stereocenters. The van der Waals surface area contributed by atoms with E-state index in [-0.39, 0.29) is 0 Å². The summed E-state index contributed by atoms with van der Waals surface area (Å²) in [5.74, 6) is 0. The van der Waals surface area contributed by atoms with E-state index in [1.165, 1.54) is 12.5 Å². The van der Waals surface area contributed by atoms with Gasteiger partial charge in [-0.25, -0.2) is 0 Å². The zero-order valence-electron chi connectivity index (χ0n) is 4.71. The van der Waals surface area contributed by atoms with E-state index in [1.54, 1.807) is 0 Å². The Bertz CT molecular complexity index is 105. The third-order valence-corrected chi connectivity index (χ3v) is 1.27. The highest BCUT2D eigenvalue weighted by Crippen LogP contribution is 2.04. The van der Waals surface area contributed by atoms with E-state index >= 15 is 0 Å². The molecule has 0 aromatic carbocycles. The molecule has 8 heavy (non-hydrogen) atoms. The second kappa shape index (κ2) is 2.50. The maximum Gasteiger partial charge on any atom is 0.144 e. The Labute approximate surface area is 48.8 Å². The molecule has 2 heteroatoms. The molecule has 44 valence electrons. The first-order valence-corrected chi connectivity index (χ1v) is 2.79. The quantitative estimate of drug-likeness (QED) is 0.380. The second-order valence-electron chi connectivity index (χ2n) is 1.87. The van der Waals surface area contributed by atoms with Crippen molar-refractivity contribution in [2.45, 2.75) is 6.42 Å². The largest absolute Gasteiger partial charge is 0.377 e. The summed E-state index contributed by atoms with van der Waals surface area (Å²) in [4.78, 5) is 11.8. The summed E-state index contributed by atoms with van der Waals surface area (Å²) in [6, 6.07) is 0. The molecule has 1 aliphatic heterocycles. The number of hydrogen-bond acceptors (Lipinski definition) is 2. The van der Waals surface area contributed by atoms with Crippen LogP contribution in [0.15, 0.2) is 12.3 Å². The van der Waals surface area contributed by atoms with Crippen LogP contribution in [0.25, 0.3) is 0 Å². The van der Waals surface area contributed by atoms with Gasteiger partial charge in [0, 0.05) is 19.3 Å². The third-order valence-electron chi connectivity index (χ3n) is 1.27. The third kappa shape index (κ3) is 1.09. The molecule has 0 aromatic heterocycles. The minimum absolute atomic E-state index is 0.804. The van der Waals surface area contributed by atoms with Crippen molar-refractivity contribution in [2.75, 3.05) is 13.1 Å². The van der Waals surface area contributed by atoms with Crippen LogP contribution >= 0.6 is 0 Å². The molecular weight excluding hydrogens is 102 g/mol. The summed E-state index contributed by atoms with van der Waals surface area (Å²) in [7, 11) is 0. The standard InChI is InChI=1S/C6H9NO/c8-6-2-5-7-3-1-4-7/h2,5-6H,1,3-4H2/b5-2+. The lowest BCUT2D eigenvalue weighted by Gasteiger charge is -2.28. The first kappa shape index (κ1) is 5.35. The van der Waals surface area contributed by atoms with Crippen molar-refractivity contribution < 1.29 is 4.79 Å². The molecule has 1 rings (SSSR count). The van der Waals surface area contributed by atoms with Gasteiger partial charge in [0.15, 0.2) is 0 Å². The molecule has 0 aliphatic carbocycles. The summed E-state index contributed by atoms with van der Waals surface area (Å²) in [6.07, 6.45) is 5.43. The molecule has 1 heterocycles. The van der Waals surface area contributed by atoms with Crippen molar-refractivity contribution in [3.63, 3.8) is 0 Å². The minimum Gasteiger partial charge on any atom is -0.377 e. The van der Waals surface area contributed by atoms with Crippen molar-refractivity contribution in [3.8, 4) is 0 Å². The summed E-state index contributed by atoms with van der Waals surface area (Å²) in [5.41, 5.74) is 0. The van der Waals surface area contributed by atoms with Crippen LogP contribution in [0, 0.1) is 0 Å². The molecule has 1 aliphatic rings. The molecule has 0 spiro atoms. The van der Waals surface area contributed by atoms with Gasteiger partial charge in [-0.05, 0) is 12.5 Å². The minimum atomic E-state index is 0.804. The molecule has 0 unspecified atom stereocenters. The monoisotopic (exact) mass is 111 g/mol. The molecule has 0 radical (unpaired) electrons. The number of aldehydes is 1. The van der Waals surface area contributed by atoms with Gasteiger partial charge >= 0.3 is 0 Å². The molecule has 0 aromatic rings. The highest BCUT2D eigenvalue weighted by Gasteiger charge is 2.06. The van der Waals surface area contributed by atoms with Crippen LogP contribution in [-0.4, -0.2) is 24.3 Å². The van der Waals surface area contributed by atoms with E-state index in [0.717, 1.165) is 19.4 Å². The highest BCUT2D eigenvalue weighted by atomic mass is 16.1. The molecule has 1 saturated heterocycles. The normalized spacial score (nSPS) is 18.8. The molecule has 1 fully saturated rings. The van der Waals surface area contributed by atoms with E-state index in [4.69, 9.17) is 0 Å². The van der Waals surface area contributed by atoms with Gasteiger partial charge in [0.05, 0.1) is 0 Å². The van der Waals surface area contributed by atoms with Crippen molar-refractivity contribution in [3.05, 3.63) is 12.3 Å². The Morgan fingerprint density at radius 3 is 2.50 bits per heavy atom. The Morgan fingerprint density at radius 2 is 2.12 bits per heavy atom. The topological polar surface area (TPSA) is 20.3 Å². The fourth-order valence-electron chi connectivity index (χ4n) is 0.647. The van der Waals surface area contributed by atoms with Gasteiger partial charge in [0.2, 0.25) is 0 Å². The number of hydrogen-bond donors (Lipinski definition) is 0. The Kier molecular flexibility index (Phi) is 1.67. The predicted molar refractivity (Wildman–Crippen MR) is 31.4 cm³/mol. The second-order valence-corrected chi connectivity index (χ2v) is 1.87. The molecule has 0 amide bonds. The zero-order chi connectivity index (χ0) is 5.82. The van der Waals surface area contributed by atoms with Gasteiger partial charge in [-0.15, -0.1) is 0 Å². The van der Waals surface area contributed by atoms with E-state index < -0.39 is 0 Å². The van der Waals surface area contributed by atoms with Crippen LogP contribution in [0.3, 0.4) is 0 Å². The van der Waals surface area contributed by atoms with Crippen LogP contribution in [0.4, 0.5) is 0 Å². The summed E-state index contributed by atoms with van der Waals surface area (Å²) >= 11 is 0. The van der Waals surface area contributed by atoms with Crippen molar-refractivity contribution in [2.24, 2.45) is 0 Å². The van der Waals surface area contributed by atoms with Crippen molar-refractivity contribution in [1.82, 2.24) is 4.90 Å². The van der Waals surface area contributed by atoms with Gasteiger partial charge in [0.1, 0.15) is 6.29 Å². The maximum absolute atomic E-state index is 9.74. The van der Waals surface area contributed by atoms with Crippen LogP contribution in [-0.2, 0) is 4.79 Å². The van der Waals surface area contributed by atoms with Gasteiger partial charge in [0.25, 0.3) is 0 Å².